The molecule has 3 rings (SSSR count). The van der Waals surface area contributed by atoms with Crippen molar-refractivity contribution in [1.82, 2.24) is 4.98 Å². The molecule has 0 aliphatic carbocycles. The first kappa shape index (κ1) is 18.4. The molecular weight excluding hydrogens is 352 g/mol. The molecule has 2 heterocycles. The van der Waals surface area contributed by atoms with Gasteiger partial charge in [-0.1, -0.05) is 6.92 Å². The second kappa shape index (κ2) is 7.45. The van der Waals surface area contributed by atoms with Crippen molar-refractivity contribution in [2.75, 3.05) is 18.1 Å². The molecule has 0 bridgehead atoms. The van der Waals surface area contributed by atoms with Gasteiger partial charge in [0.1, 0.15) is 11.8 Å². The summed E-state index contributed by atoms with van der Waals surface area (Å²) in [5.74, 6) is -0.103. The molecule has 0 radical (unpaired) electrons. The van der Waals surface area contributed by atoms with E-state index in [1.165, 1.54) is 4.90 Å². The average Bonchev–Trinajstić information content (AvgIpc) is 2.96. The monoisotopic (exact) mass is 374 g/mol. The van der Waals surface area contributed by atoms with E-state index in [1.54, 1.807) is 18.3 Å². The van der Waals surface area contributed by atoms with E-state index >= 15 is 0 Å². The Hall–Kier alpha value is -2.41. The van der Waals surface area contributed by atoms with E-state index in [9.17, 15) is 9.59 Å². The number of hydrogen-bond acceptors (Lipinski definition) is 6. The lowest BCUT2D eigenvalue weighted by molar-refractivity contribution is -0.146. The molecule has 1 aliphatic rings. The zero-order valence-corrected chi connectivity index (χ0v) is 16.2. The molecule has 0 spiro atoms. The maximum absolute atomic E-state index is 12.5. The summed E-state index contributed by atoms with van der Waals surface area (Å²) in [5.41, 5.74) is 2.35. The number of ether oxygens (including phenoxy) is 2. The molecule has 0 saturated carbocycles. The van der Waals surface area contributed by atoms with Gasteiger partial charge < -0.3 is 9.47 Å². The number of amides is 1. The number of fused-ring (bicyclic) bond motifs is 1. The summed E-state index contributed by atoms with van der Waals surface area (Å²) >= 11 is 1.63. The fourth-order valence-corrected chi connectivity index (χ4v) is 3.81. The first-order valence-corrected chi connectivity index (χ1v) is 9.44. The molecule has 0 saturated heterocycles. The number of nitrogens with zero attached hydrogens (tertiary/aromatic N) is 2. The lowest BCUT2D eigenvalue weighted by Gasteiger charge is -2.33. The van der Waals surface area contributed by atoms with E-state index < -0.39 is 12.0 Å². The molecule has 1 aromatic carbocycles. The molecule has 26 heavy (non-hydrogen) atoms. The Kier molecular flexibility index (Phi) is 5.27. The fraction of sp³-hybridized carbons (Fsp3) is 0.421. The minimum atomic E-state index is -0.717. The molecule has 1 unspecified atom stereocenters. The van der Waals surface area contributed by atoms with Gasteiger partial charge >= 0.3 is 5.97 Å². The first-order chi connectivity index (χ1) is 12.4. The molecule has 138 valence electrons. The summed E-state index contributed by atoms with van der Waals surface area (Å²) in [4.78, 5) is 31.9. The van der Waals surface area contributed by atoms with Gasteiger partial charge in [0.05, 0.1) is 23.0 Å². The Morgan fingerprint density at radius 3 is 2.85 bits per heavy atom. The Bertz CT molecular complexity index is 846. The predicted molar refractivity (Wildman–Crippen MR) is 101 cm³/mol. The normalized spacial score (nSPS) is 14.6. The van der Waals surface area contributed by atoms with E-state index in [4.69, 9.17) is 9.47 Å². The van der Waals surface area contributed by atoms with Gasteiger partial charge in [-0.2, -0.15) is 0 Å². The molecule has 2 aromatic rings. The third-order valence-electron chi connectivity index (χ3n) is 4.19. The van der Waals surface area contributed by atoms with Gasteiger partial charge in [0.25, 0.3) is 5.91 Å². The van der Waals surface area contributed by atoms with Crippen molar-refractivity contribution in [1.29, 1.82) is 0 Å². The van der Waals surface area contributed by atoms with Crippen molar-refractivity contribution < 1.29 is 19.1 Å². The molecule has 0 N–H and O–H groups in total. The van der Waals surface area contributed by atoms with E-state index in [2.05, 4.69) is 4.98 Å². The van der Waals surface area contributed by atoms with Gasteiger partial charge in [0, 0.05) is 10.4 Å². The third-order valence-corrected chi connectivity index (χ3v) is 5.08. The number of carbonyl (C=O) groups excluding carboxylic acids is 2. The Morgan fingerprint density at radius 1 is 1.42 bits per heavy atom. The van der Waals surface area contributed by atoms with Crippen LogP contribution in [0.5, 0.6) is 5.75 Å². The van der Waals surface area contributed by atoms with Crippen LogP contribution < -0.4 is 9.64 Å². The summed E-state index contributed by atoms with van der Waals surface area (Å²) in [6, 6.07) is 4.89. The molecule has 1 amide bonds. The number of rotatable bonds is 5. The SMILES string of the molecule is CCCOC(=O)C(C)N1C(=O)COc2ccc(-c3nc(C)sc3C)cc21. The number of carbonyl (C=O) groups is 2. The summed E-state index contributed by atoms with van der Waals surface area (Å²) in [7, 11) is 0. The Balaban J connectivity index is 1.99. The Labute approximate surface area is 156 Å². The minimum Gasteiger partial charge on any atom is -0.482 e. The van der Waals surface area contributed by atoms with E-state index in [0.29, 0.717) is 18.0 Å². The lowest BCUT2D eigenvalue weighted by atomic mass is 10.1. The zero-order valence-electron chi connectivity index (χ0n) is 15.4. The summed E-state index contributed by atoms with van der Waals surface area (Å²) in [5, 5.41) is 0.982. The van der Waals surface area contributed by atoms with E-state index in [0.717, 1.165) is 27.6 Å². The molecule has 6 nitrogen and oxygen atoms in total. The standard InChI is InChI=1S/C19H22N2O4S/c1-5-8-24-19(23)11(2)21-15-9-14(18-12(3)26-13(4)20-18)6-7-16(15)25-10-17(21)22/h6-7,9,11H,5,8,10H2,1-4H3. The van der Waals surface area contributed by atoms with Gasteiger partial charge in [-0.05, 0) is 45.4 Å². The van der Waals surface area contributed by atoms with Crippen LogP contribution in [0.1, 0.15) is 30.2 Å². The minimum absolute atomic E-state index is 0.0907. The van der Waals surface area contributed by atoms with Gasteiger partial charge in [-0.25, -0.2) is 9.78 Å². The van der Waals surface area contributed by atoms with Crippen LogP contribution in [0, 0.1) is 13.8 Å². The maximum Gasteiger partial charge on any atom is 0.328 e. The molecule has 1 atom stereocenters. The van der Waals surface area contributed by atoms with Gasteiger partial charge in [-0.15, -0.1) is 11.3 Å². The van der Waals surface area contributed by atoms with Crippen LogP contribution in [0.3, 0.4) is 0 Å². The van der Waals surface area contributed by atoms with Crippen LogP contribution in [0.2, 0.25) is 0 Å². The highest BCUT2D eigenvalue weighted by Gasteiger charge is 2.34. The third kappa shape index (κ3) is 3.44. The molecule has 1 aliphatic heterocycles. The number of hydrogen-bond donors (Lipinski definition) is 0. The van der Waals surface area contributed by atoms with Gasteiger partial charge in [-0.3, -0.25) is 9.69 Å². The molecule has 0 fully saturated rings. The fourth-order valence-electron chi connectivity index (χ4n) is 2.97. The number of aromatic nitrogens is 1. The topological polar surface area (TPSA) is 68.7 Å². The average molecular weight is 374 g/mol. The van der Waals surface area contributed by atoms with Crippen molar-refractivity contribution in [3.05, 3.63) is 28.1 Å². The first-order valence-electron chi connectivity index (χ1n) is 8.62. The Morgan fingerprint density at radius 2 is 2.19 bits per heavy atom. The quantitative estimate of drug-likeness (QED) is 0.750. The molecule has 1 aromatic heterocycles. The van der Waals surface area contributed by atoms with Crippen LogP contribution in [0.25, 0.3) is 11.3 Å². The van der Waals surface area contributed by atoms with Crippen LogP contribution >= 0.6 is 11.3 Å². The summed E-state index contributed by atoms with van der Waals surface area (Å²) < 4.78 is 10.8. The number of aryl methyl sites for hydroxylation is 2. The van der Waals surface area contributed by atoms with Gasteiger partial charge in [0.15, 0.2) is 6.61 Å². The molecular formula is C19H22N2O4S. The number of anilines is 1. The number of esters is 1. The smallest absolute Gasteiger partial charge is 0.328 e. The van der Waals surface area contributed by atoms with Crippen LogP contribution in [0.15, 0.2) is 18.2 Å². The number of thiazole rings is 1. The van der Waals surface area contributed by atoms with Crippen molar-refractivity contribution in [2.24, 2.45) is 0 Å². The van der Waals surface area contributed by atoms with Crippen molar-refractivity contribution >= 4 is 28.9 Å². The predicted octanol–water partition coefficient (Wildman–Crippen LogP) is 3.49. The summed E-state index contributed by atoms with van der Waals surface area (Å²) in [6.45, 7) is 7.83. The highest BCUT2D eigenvalue weighted by molar-refractivity contribution is 7.11. The largest absolute Gasteiger partial charge is 0.482 e. The van der Waals surface area contributed by atoms with Crippen LogP contribution in [-0.4, -0.2) is 36.1 Å². The highest BCUT2D eigenvalue weighted by Crippen LogP contribution is 2.38. The maximum atomic E-state index is 12.5. The van der Waals surface area contributed by atoms with Crippen LogP contribution in [-0.2, 0) is 14.3 Å². The van der Waals surface area contributed by atoms with Crippen molar-refractivity contribution in [3.63, 3.8) is 0 Å². The second-order valence-corrected chi connectivity index (χ2v) is 7.62. The lowest BCUT2D eigenvalue weighted by Crippen LogP contribution is -2.48. The van der Waals surface area contributed by atoms with Crippen molar-refractivity contribution in [2.45, 2.75) is 40.2 Å². The second-order valence-electron chi connectivity index (χ2n) is 6.22. The summed E-state index contributed by atoms with van der Waals surface area (Å²) in [6.07, 6.45) is 0.735. The van der Waals surface area contributed by atoms with Crippen LogP contribution in [0.4, 0.5) is 5.69 Å². The van der Waals surface area contributed by atoms with E-state index in [1.807, 2.05) is 39.0 Å². The number of benzene rings is 1. The van der Waals surface area contributed by atoms with Gasteiger partial charge in [0.2, 0.25) is 0 Å². The van der Waals surface area contributed by atoms with Crippen molar-refractivity contribution in [3.8, 4) is 17.0 Å². The highest BCUT2D eigenvalue weighted by atomic mass is 32.1. The molecule has 7 heteroatoms. The zero-order chi connectivity index (χ0) is 18.8. The van der Waals surface area contributed by atoms with E-state index in [-0.39, 0.29) is 12.5 Å².